The van der Waals surface area contributed by atoms with Gasteiger partial charge in [-0.2, -0.15) is 0 Å². The van der Waals surface area contributed by atoms with Gasteiger partial charge in [-0.3, -0.25) is 0 Å². The van der Waals surface area contributed by atoms with Gasteiger partial charge in [0.25, 0.3) is 0 Å². The Morgan fingerprint density at radius 1 is 1.05 bits per heavy atom. The van der Waals surface area contributed by atoms with E-state index in [1.54, 1.807) is 6.07 Å². The first-order chi connectivity index (χ1) is 9.11. The fourth-order valence-electron chi connectivity index (χ4n) is 2.12. The summed E-state index contributed by atoms with van der Waals surface area (Å²) in [6.45, 7) is -0.294. The molecule has 0 aliphatic rings. The fourth-order valence-corrected chi connectivity index (χ4v) is 2.12. The average Bonchev–Trinajstić information content (AvgIpc) is 2.42. The summed E-state index contributed by atoms with van der Waals surface area (Å²) in [6.07, 6.45) is -0.527. The quantitative estimate of drug-likeness (QED) is 0.624. The molecule has 6 N–H and O–H groups in total. The number of anilines is 2. The molecule has 0 radical (unpaired) electrons. The summed E-state index contributed by atoms with van der Waals surface area (Å²) in [5, 5.41) is 18.6. The molecule has 0 saturated heterocycles. The molecule has 19 heavy (non-hydrogen) atoms. The fraction of sp³-hybridized carbons (Fsp3) is 0.200. The van der Waals surface area contributed by atoms with Gasteiger partial charge in [0.1, 0.15) is 0 Å². The highest BCUT2D eigenvalue weighted by Crippen LogP contribution is 2.31. The number of aliphatic hydroxyl groups is 2. The van der Waals surface area contributed by atoms with Crippen LogP contribution in [0.3, 0.4) is 0 Å². The molecule has 0 bridgehead atoms. The molecule has 100 valence electrons. The van der Waals surface area contributed by atoms with Gasteiger partial charge < -0.3 is 21.7 Å². The summed E-state index contributed by atoms with van der Waals surface area (Å²) in [7, 11) is 0. The Balaban J connectivity index is 2.52. The Morgan fingerprint density at radius 2 is 1.74 bits per heavy atom. The van der Waals surface area contributed by atoms with Crippen LogP contribution >= 0.6 is 0 Å². The first kappa shape index (κ1) is 13.4. The van der Waals surface area contributed by atoms with Gasteiger partial charge in [-0.1, -0.05) is 30.3 Å². The maximum Gasteiger partial charge on any atom is 0.0812 e. The lowest BCUT2D eigenvalue weighted by Gasteiger charge is -2.16. The van der Waals surface area contributed by atoms with Crippen LogP contribution < -0.4 is 11.5 Å². The van der Waals surface area contributed by atoms with Crippen molar-refractivity contribution in [1.82, 2.24) is 0 Å². The molecule has 0 saturated carbocycles. The van der Waals surface area contributed by atoms with Gasteiger partial charge in [0, 0.05) is 17.8 Å². The van der Waals surface area contributed by atoms with Crippen LogP contribution in [-0.4, -0.2) is 22.9 Å². The first-order valence-corrected chi connectivity index (χ1v) is 6.14. The molecular formula is C15H18N2O2. The third-order valence-corrected chi connectivity index (χ3v) is 3.04. The zero-order valence-corrected chi connectivity index (χ0v) is 10.6. The van der Waals surface area contributed by atoms with Crippen LogP contribution in [0.15, 0.2) is 42.5 Å². The minimum absolute atomic E-state index is 0.294. The summed E-state index contributed by atoms with van der Waals surface area (Å²) in [6, 6.07) is 13.2. The van der Waals surface area contributed by atoms with Crippen LogP contribution in [0.1, 0.15) is 5.56 Å². The Bertz CT molecular complexity index is 556. The van der Waals surface area contributed by atoms with Gasteiger partial charge in [0.15, 0.2) is 0 Å². The van der Waals surface area contributed by atoms with Crippen LogP contribution in [0.5, 0.6) is 0 Å². The van der Waals surface area contributed by atoms with Crippen molar-refractivity contribution in [1.29, 1.82) is 0 Å². The van der Waals surface area contributed by atoms with Gasteiger partial charge in [0.2, 0.25) is 0 Å². The lowest BCUT2D eigenvalue weighted by Crippen LogP contribution is -2.17. The second-order valence-electron chi connectivity index (χ2n) is 4.54. The van der Waals surface area contributed by atoms with Gasteiger partial charge in [-0.25, -0.2) is 0 Å². The summed E-state index contributed by atoms with van der Waals surface area (Å²) in [5.41, 5.74) is 15.6. The summed E-state index contributed by atoms with van der Waals surface area (Å²) in [4.78, 5) is 0. The molecule has 0 aliphatic heterocycles. The summed E-state index contributed by atoms with van der Waals surface area (Å²) in [5.74, 6) is 0. The number of benzene rings is 2. The molecule has 1 unspecified atom stereocenters. The summed E-state index contributed by atoms with van der Waals surface area (Å²) < 4.78 is 0. The SMILES string of the molecule is Nc1cc(N)c(CC(O)CO)c(-c2ccccc2)c1. The van der Waals surface area contributed by atoms with Crippen molar-refractivity contribution in [2.45, 2.75) is 12.5 Å². The third kappa shape index (κ3) is 3.05. The number of nitrogen functional groups attached to an aromatic ring is 2. The zero-order chi connectivity index (χ0) is 13.8. The lowest BCUT2D eigenvalue weighted by molar-refractivity contribution is 0.0957. The second kappa shape index (κ2) is 5.73. The minimum atomic E-state index is -0.826. The van der Waals surface area contributed by atoms with Gasteiger partial charge in [-0.15, -0.1) is 0 Å². The molecule has 1 atom stereocenters. The Labute approximate surface area is 112 Å². The molecule has 0 fully saturated rings. The first-order valence-electron chi connectivity index (χ1n) is 6.14. The lowest BCUT2D eigenvalue weighted by atomic mass is 9.94. The van der Waals surface area contributed by atoms with Crippen molar-refractivity contribution in [3.05, 3.63) is 48.0 Å². The number of aliphatic hydroxyl groups excluding tert-OH is 2. The summed E-state index contributed by atoms with van der Waals surface area (Å²) >= 11 is 0. The Hall–Kier alpha value is -2.04. The molecule has 2 rings (SSSR count). The molecule has 0 aliphatic carbocycles. The van der Waals surface area contributed by atoms with Crippen molar-refractivity contribution in [3.8, 4) is 11.1 Å². The molecule has 2 aromatic carbocycles. The highest BCUT2D eigenvalue weighted by Gasteiger charge is 2.13. The van der Waals surface area contributed by atoms with Crippen molar-refractivity contribution in [3.63, 3.8) is 0 Å². The second-order valence-corrected chi connectivity index (χ2v) is 4.54. The topological polar surface area (TPSA) is 92.5 Å². The molecule has 0 heterocycles. The molecular weight excluding hydrogens is 240 g/mol. The molecule has 4 heteroatoms. The van der Waals surface area contributed by atoms with Crippen molar-refractivity contribution in [2.75, 3.05) is 18.1 Å². The number of hydrogen-bond acceptors (Lipinski definition) is 4. The van der Waals surface area contributed by atoms with Crippen LogP contribution in [0.2, 0.25) is 0 Å². The van der Waals surface area contributed by atoms with E-state index in [1.807, 2.05) is 36.4 Å². The number of rotatable bonds is 4. The van der Waals surface area contributed by atoms with E-state index in [0.717, 1.165) is 16.7 Å². The highest BCUT2D eigenvalue weighted by atomic mass is 16.3. The number of hydrogen-bond donors (Lipinski definition) is 4. The molecule has 2 aromatic rings. The monoisotopic (exact) mass is 258 g/mol. The van der Waals surface area contributed by atoms with Crippen molar-refractivity contribution in [2.24, 2.45) is 0 Å². The Kier molecular flexibility index (Phi) is 4.04. The molecule has 4 nitrogen and oxygen atoms in total. The predicted molar refractivity (Wildman–Crippen MR) is 77.5 cm³/mol. The van der Waals surface area contributed by atoms with Gasteiger partial charge >= 0.3 is 0 Å². The van der Waals surface area contributed by atoms with Crippen LogP contribution in [0.4, 0.5) is 11.4 Å². The van der Waals surface area contributed by atoms with Gasteiger partial charge in [0.05, 0.1) is 12.7 Å². The van der Waals surface area contributed by atoms with Crippen LogP contribution in [0, 0.1) is 0 Å². The average molecular weight is 258 g/mol. The van der Waals surface area contributed by atoms with E-state index in [1.165, 1.54) is 0 Å². The van der Waals surface area contributed by atoms with E-state index in [4.69, 9.17) is 16.6 Å². The van der Waals surface area contributed by atoms with Crippen LogP contribution in [-0.2, 0) is 6.42 Å². The normalized spacial score (nSPS) is 12.3. The zero-order valence-electron chi connectivity index (χ0n) is 10.6. The van der Waals surface area contributed by atoms with E-state index in [9.17, 15) is 5.11 Å². The van der Waals surface area contributed by atoms with E-state index in [-0.39, 0.29) is 6.61 Å². The predicted octanol–water partition coefficient (Wildman–Crippen LogP) is 1.41. The highest BCUT2D eigenvalue weighted by molar-refractivity contribution is 5.77. The Morgan fingerprint density at radius 3 is 2.37 bits per heavy atom. The largest absolute Gasteiger partial charge is 0.399 e. The smallest absolute Gasteiger partial charge is 0.0812 e. The van der Waals surface area contributed by atoms with E-state index in [2.05, 4.69) is 0 Å². The van der Waals surface area contributed by atoms with Crippen molar-refractivity contribution >= 4 is 11.4 Å². The van der Waals surface area contributed by atoms with Crippen LogP contribution in [0.25, 0.3) is 11.1 Å². The molecule has 0 spiro atoms. The molecule has 0 aromatic heterocycles. The minimum Gasteiger partial charge on any atom is -0.399 e. The molecule has 0 amide bonds. The van der Waals surface area contributed by atoms with Crippen molar-refractivity contribution < 1.29 is 10.2 Å². The van der Waals surface area contributed by atoms with E-state index in [0.29, 0.717) is 17.8 Å². The van der Waals surface area contributed by atoms with Gasteiger partial charge in [-0.05, 0) is 28.8 Å². The standard InChI is InChI=1S/C15H18N2O2/c16-11-6-13(10-4-2-1-3-5-10)14(15(17)7-11)8-12(19)9-18/h1-7,12,18-19H,8-9,16-17H2. The maximum atomic E-state index is 9.64. The van der Waals surface area contributed by atoms with E-state index < -0.39 is 6.10 Å². The third-order valence-electron chi connectivity index (χ3n) is 3.04. The number of nitrogens with two attached hydrogens (primary N) is 2. The maximum absolute atomic E-state index is 9.64. The van der Waals surface area contributed by atoms with E-state index >= 15 is 0 Å².